The Morgan fingerprint density at radius 2 is 1.93 bits per heavy atom. The lowest BCUT2D eigenvalue weighted by molar-refractivity contribution is -0.166. The Hall–Kier alpha value is -2.74. The number of morpholine rings is 1. The number of hydrogen-bond donors (Lipinski definition) is 1. The topological polar surface area (TPSA) is 84.7 Å². The van der Waals surface area contributed by atoms with Crippen molar-refractivity contribution in [2.24, 2.45) is 0 Å². The van der Waals surface area contributed by atoms with Crippen LogP contribution in [0.25, 0.3) is 5.69 Å². The first-order valence-electron chi connectivity index (χ1n) is 8.73. The second-order valence-corrected chi connectivity index (χ2v) is 6.79. The van der Waals surface area contributed by atoms with Gasteiger partial charge in [-0.2, -0.15) is 5.10 Å². The number of carboxylic acids is 1. The molecule has 3 rings (SSSR count). The van der Waals surface area contributed by atoms with Crippen LogP contribution < -0.4 is 0 Å². The van der Waals surface area contributed by atoms with Crippen molar-refractivity contribution in [3.8, 4) is 5.69 Å². The summed E-state index contributed by atoms with van der Waals surface area (Å²) in [5, 5.41) is 13.7. The van der Waals surface area contributed by atoms with E-state index in [2.05, 4.69) is 5.10 Å². The number of carbonyl (C=O) groups excluding carboxylic acids is 1. The van der Waals surface area contributed by atoms with Crippen molar-refractivity contribution in [1.29, 1.82) is 0 Å². The quantitative estimate of drug-likeness (QED) is 0.882. The van der Waals surface area contributed by atoms with Gasteiger partial charge in [-0.05, 0) is 45.0 Å². The lowest BCUT2D eigenvalue weighted by atomic mass is 10.1. The van der Waals surface area contributed by atoms with Gasteiger partial charge in [0.2, 0.25) is 5.91 Å². The zero-order valence-corrected chi connectivity index (χ0v) is 15.5. The van der Waals surface area contributed by atoms with E-state index >= 15 is 0 Å². The summed E-state index contributed by atoms with van der Waals surface area (Å²) in [6, 6.07) is 5.97. The molecule has 0 bridgehead atoms. The van der Waals surface area contributed by atoms with Crippen molar-refractivity contribution in [1.82, 2.24) is 14.7 Å². The van der Waals surface area contributed by atoms with Gasteiger partial charge in [-0.3, -0.25) is 4.79 Å². The first-order chi connectivity index (χ1) is 12.8. The average molecular weight is 375 g/mol. The van der Waals surface area contributed by atoms with E-state index in [4.69, 9.17) is 4.74 Å². The summed E-state index contributed by atoms with van der Waals surface area (Å²) >= 11 is 0. The van der Waals surface area contributed by atoms with Crippen LogP contribution in [0.5, 0.6) is 0 Å². The SMILES string of the molecule is Cc1nn(-c2ccc(F)cc2)c(C)c1CC(=O)N1CC(C(=O)O)O[C@H](C)C1. The molecule has 2 heterocycles. The molecule has 7 nitrogen and oxygen atoms in total. The van der Waals surface area contributed by atoms with Crippen LogP contribution in [0.4, 0.5) is 4.39 Å². The molecule has 27 heavy (non-hydrogen) atoms. The molecule has 1 aliphatic rings. The van der Waals surface area contributed by atoms with Crippen molar-refractivity contribution < 1.29 is 23.8 Å². The molecule has 1 aliphatic heterocycles. The molecule has 144 valence electrons. The molecule has 0 radical (unpaired) electrons. The molecule has 2 atom stereocenters. The number of benzene rings is 1. The van der Waals surface area contributed by atoms with Gasteiger partial charge in [0.1, 0.15) is 5.82 Å². The van der Waals surface area contributed by atoms with Crippen LogP contribution in [0.15, 0.2) is 24.3 Å². The summed E-state index contributed by atoms with van der Waals surface area (Å²) in [7, 11) is 0. The maximum absolute atomic E-state index is 13.2. The van der Waals surface area contributed by atoms with Gasteiger partial charge in [-0.25, -0.2) is 13.9 Å². The van der Waals surface area contributed by atoms with Gasteiger partial charge in [0.15, 0.2) is 6.10 Å². The van der Waals surface area contributed by atoms with Gasteiger partial charge >= 0.3 is 5.97 Å². The van der Waals surface area contributed by atoms with E-state index in [0.29, 0.717) is 17.9 Å². The van der Waals surface area contributed by atoms with Crippen molar-refractivity contribution in [3.05, 3.63) is 47.0 Å². The Kier molecular flexibility index (Phi) is 5.27. The summed E-state index contributed by atoms with van der Waals surface area (Å²) in [6.07, 6.45) is -1.23. The molecule has 0 aliphatic carbocycles. The smallest absolute Gasteiger partial charge is 0.334 e. The summed E-state index contributed by atoms with van der Waals surface area (Å²) in [5.74, 6) is -1.57. The zero-order valence-electron chi connectivity index (χ0n) is 15.5. The summed E-state index contributed by atoms with van der Waals surface area (Å²) in [4.78, 5) is 25.5. The van der Waals surface area contributed by atoms with Crippen LogP contribution in [-0.4, -0.2) is 57.0 Å². The van der Waals surface area contributed by atoms with E-state index in [9.17, 15) is 19.1 Å². The van der Waals surface area contributed by atoms with Gasteiger partial charge in [-0.15, -0.1) is 0 Å². The minimum Gasteiger partial charge on any atom is -0.479 e. The van der Waals surface area contributed by atoms with Crippen LogP contribution in [0.1, 0.15) is 23.9 Å². The van der Waals surface area contributed by atoms with E-state index < -0.39 is 12.1 Å². The van der Waals surface area contributed by atoms with Crippen molar-refractivity contribution in [2.75, 3.05) is 13.1 Å². The lowest BCUT2D eigenvalue weighted by Gasteiger charge is -2.35. The molecule has 1 saturated heterocycles. The fourth-order valence-corrected chi connectivity index (χ4v) is 3.32. The number of amides is 1. The highest BCUT2D eigenvalue weighted by atomic mass is 19.1. The Bertz CT molecular complexity index is 863. The second kappa shape index (κ2) is 7.48. The summed E-state index contributed by atoms with van der Waals surface area (Å²) in [6.45, 7) is 5.81. The fourth-order valence-electron chi connectivity index (χ4n) is 3.32. The Morgan fingerprint density at radius 1 is 1.26 bits per heavy atom. The van der Waals surface area contributed by atoms with E-state index in [1.165, 1.54) is 17.0 Å². The Labute approximate surface area is 156 Å². The summed E-state index contributed by atoms with van der Waals surface area (Å²) < 4.78 is 20.2. The fraction of sp³-hybridized carbons (Fsp3) is 0.421. The molecule has 0 saturated carbocycles. The number of rotatable bonds is 4. The number of halogens is 1. The third-order valence-electron chi connectivity index (χ3n) is 4.73. The number of ether oxygens (including phenoxy) is 1. The van der Waals surface area contributed by atoms with Crippen LogP contribution in [0.2, 0.25) is 0 Å². The molecule has 1 aromatic heterocycles. The summed E-state index contributed by atoms with van der Waals surface area (Å²) in [5.41, 5.74) is 3.00. The minimum absolute atomic E-state index is 0.0305. The van der Waals surface area contributed by atoms with E-state index in [-0.39, 0.29) is 30.8 Å². The molecule has 1 amide bonds. The van der Waals surface area contributed by atoms with Gasteiger partial charge in [0, 0.05) is 17.8 Å². The second-order valence-electron chi connectivity index (χ2n) is 6.79. The normalized spacial score (nSPS) is 19.9. The van der Waals surface area contributed by atoms with Gasteiger partial charge < -0.3 is 14.7 Å². The molecule has 1 fully saturated rings. The number of carboxylic acid groups (broad SMARTS) is 1. The maximum Gasteiger partial charge on any atom is 0.334 e. The highest BCUT2D eigenvalue weighted by Gasteiger charge is 2.33. The number of nitrogens with zero attached hydrogens (tertiary/aromatic N) is 3. The van der Waals surface area contributed by atoms with E-state index in [0.717, 1.165) is 11.3 Å². The predicted molar refractivity (Wildman–Crippen MR) is 95.3 cm³/mol. The van der Waals surface area contributed by atoms with Crippen molar-refractivity contribution in [3.63, 3.8) is 0 Å². The van der Waals surface area contributed by atoms with Crippen LogP contribution >= 0.6 is 0 Å². The molecular weight excluding hydrogens is 353 g/mol. The number of carbonyl (C=O) groups is 2. The molecule has 1 aromatic carbocycles. The number of hydrogen-bond acceptors (Lipinski definition) is 4. The van der Waals surface area contributed by atoms with Crippen LogP contribution in [0, 0.1) is 19.7 Å². The number of aromatic nitrogens is 2. The highest BCUT2D eigenvalue weighted by molar-refractivity contribution is 5.81. The van der Waals surface area contributed by atoms with Gasteiger partial charge in [0.05, 0.1) is 30.5 Å². The van der Waals surface area contributed by atoms with Crippen molar-refractivity contribution in [2.45, 2.75) is 39.4 Å². The Morgan fingerprint density at radius 3 is 2.56 bits per heavy atom. The van der Waals surface area contributed by atoms with E-state index in [1.54, 1.807) is 23.7 Å². The predicted octanol–water partition coefficient (Wildman–Crippen LogP) is 1.87. The number of aryl methyl sites for hydroxylation is 1. The van der Waals surface area contributed by atoms with Crippen LogP contribution in [0.3, 0.4) is 0 Å². The monoisotopic (exact) mass is 375 g/mol. The van der Waals surface area contributed by atoms with Crippen LogP contribution in [-0.2, 0) is 20.7 Å². The first-order valence-corrected chi connectivity index (χ1v) is 8.73. The zero-order chi connectivity index (χ0) is 19.7. The maximum atomic E-state index is 13.2. The lowest BCUT2D eigenvalue weighted by Crippen LogP contribution is -2.52. The Balaban J connectivity index is 1.80. The highest BCUT2D eigenvalue weighted by Crippen LogP contribution is 2.20. The largest absolute Gasteiger partial charge is 0.479 e. The minimum atomic E-state index is -1.07. The third-order valence-corrected chi connectivity index (χ3v) is 4.73. The molecule has 2 aromatic rings. The van der Waals surface area contributed by atoms with Gasteiger partial charge in [-0.1, -0.05) is 0 Å². The molecule has 1 unspecified atom stereocenters. The average Bonchev–Trinajstić information content (AvgIpc) is 2.90. The standard InChI is InChI=1S/C19H22FN3O4/c1-11-9-22(10-17(27-11)19(25)26)18(24)8-16-12(2)21-23(13(16)3)15-6-4-14(20)5-7-15/h4-7,11,17H,8-10H2,1-3H3,(H,25,26)/t11-,17?/m1/s1. The molecular formula is C19H22FN3O4. The third kappa shape index (κ3) is 4.00. The van der Waals surface area contributed by atoms with Gasteiger partial charge in [0.25, 0.3) is 0 Å². The van der Waals surface area contributed by atoms with Crippen molar-refractivity contribution >= 4 is 11.9 Å². The molecule has 1 N–H and O–H groups in total. The van der Waals surface area contributed by atoms with E-state index in [1.807, 2.05) is 13.8 Å². The molecule has 8 heteroatoms. The molecule has 0 spiro atoms. The first kappa shape index (κ1) is 19.0. The number of aliphatic carboxylic acids is 1.